The van der Waals surface area contributed by atoms with Gasteiger partial charge in [0.2, 0.25) is 0 Å². The number of halogens is 4. The van der Waals surface area contributed by atoms with Crippen molar-refractivity contribution in [3.8, 4) is 0 Å². The summed E-state index contributed by atoms with van der Waals surface area (Å²) in [7, 11) is 0. The normalized spacial score (nSPS) is 39.0. The second kappa shape index (κ2) is 2.85. The van der Waals surface area contributed by atoms with E-state index in [1.807, 2.05) is 0 Å². The molecule has 2 aliphatic rings. The first-order valence-corrected chi connectivity index (χ1v) is 4.58. The van der Waals surface area contributed by atoms with Gasteiger partial charge in [-0.15, -0.1) is 0 Å². The zero-order chi connectivity index (χ0) is 9.64. The molecule has 75 valence electrons. The van der Waals surface area contributed by atoms with Crippen molar-refractivity contribution in [2.45, 2.75) is 31.6 Å². The SMILES string of the molecule is F[C](F)C(F)(F)C1CC2CCC1C2. The van der Waals surface area contributed by atoms with Crippen LogP contribution in [0.3, 0.4) is 0 Å². The molecule has 0 aliphatic heterocycles. The fourth-order valence-electron chi connectivity index (χ4n) is 2.83. The highest BCUT2D eigenvalue weighted by molar-refractivity contribution is 5.01. The maximum atomic E-state index is 12.9. The van der Waals surface area contributed by atoms with Gasteiger partial charge in [0.1, 0.15) is 0 Å². The molecule has 3 atom stereocenters. The molecule has 0 spiro atoms. The summed E-state index contributed by atoms with van der Waals surface area (Å²) >= 11 is 0. The predicted molar refractivity (Wildman–Crippen MR) is 39.3 cm³/mol. The topological polar surface area (TPSA) is 0 Å². The summed E-state index contributed by atoms with van der Waals surface area (Å²) < 4.78 is 49.8. The third kappa shape index (κ3) is 1.34. The second-order valence-electron chi connectivity index (χ2n) is 4.16. The summed E-state index contributed by atoms with van der Waals surface area (Å²) in [5, 5.41) is 0. The largest absolute Gasteiger partial charge is 0.378 e. The van der Waals surface area contributed by atoms with E-state index in [2.05, 4.69) is 0 Å². The van der Waals surface area contributed by atoms with Crippen molar-refractivity contribution < 1.29 is 17.6 Å². The van der Waals surface area contributed by atoms with E-state index in [1.54, 1.807) is 0 Å². The molecule has 3 unspecified atom stereocenters. The van der Waals surface area contributed by atoms with E-state index in [9.17, 15) is 17.6 Å². The molecule has 1 radical (unpaired) electrons. The number of hydrogen-bond acceptors (Lipinski definition) is 0. The van der Waals surface area contributed by atoms with Crippen LogP contribution in [0.2, 0.25) is 0 Å². The molecule has 2 saturated carbocycles. The van der Waals surface area contributed by atoms with Gasteiger partial charge in [0, 0.05) is 5.92 Å². The van der Waals surface area contributed by atoms with Crippen LogP contribution >= 0.6 is 0 Å². The van der Waals surface area contributed by atoms with Crippen LogP contribution in [0.5, 0.6) is 0 Å². The lowest BCUT2D eigenvalue weighted by Gasteiger charge is -2.28. The first-order chi connectivity index (χ1) is 6.01. The lowest BCUT2D eigenvalue weighted by Crippen LogP contribution is -2.35. The predicted octanol–water partition coefficient (Wildman–Crippen LogP) is 3.49. The van der Waals surface area contributed by atoms with Crippen LogP contribution < -0.4 is 0 Å². The molecule has 0 aromatic heterocycles. The van der Waals surface area contributed by atoms with Crippen molar-refractivity contribution in [1.29, 1.82) is 0 Å². The minimum Gasteiger partial charge on any atom is -0.199 e. The molecule has 0 amide bonds. The lowest BCUT2D eigenvalue weighted by molar-refractivity contribution is -0.120. The minimum absolute atomic E-state index is 0.165. The Balaban J connectivity index is 2.09. The fourth-order valence-corrected chi connectivity index (χ4v) is 2.83. The van der Waals surface area contributed by atoms with E-state index in [0.29, 0.717) is 6.42 Å². The number of alkyl halides is 2. The standard InChI is InChI=1S/C9H11F4/c10-8(11)9(12,13)7-4-5-1-2-6(7)3-5/h5-7H,1-4H2. The average Bonchev–Trinajstić information content (AvgIpc) is 2.63. The summed E-state index contributed by atoms with van der Waals surface area (Å²) in [4.78, 5) is 0. The van der Waals surface area contributed by atoms with E-state index in [0.717, 1.165) is 12.8 Å². The molecular weight excluding hydrogens is 184 g/mol. The Kier molecular flexibility index (Phi) is 2.04. The molecule has 2 aliphatic carbocycles. The summed E-state index contributed by atoms with van der Waals surface area (Å²) in [6, 6.07) is 0. The van der Waals surface area contributed by atoms with Crippen LogP contribution in [0.25, 0.3) is 0 Å². The van der Waals surface area contributed by atoms with Crippen molar-refractivity contribution in [1.82, 2.24) is 0 Å². The maximum absolute atomic E-state index is 12.9. The number of hydrogen-bond donors (Lipinski definition) is 0. The van der Waals surface area contributed by atoms with Gasteiger partial charge in [-0.2, -0.15) is 17.6 Å². The maximum Gasteiger partial charge on any atom is 0.378 e. The molecule has 0 saturated heterocycles. The molecule has 0 heterocycles. The molecule has 0 aromatic carbocycles. The van der Waals surface area contributed by atoms with Gasteiger partial charge in [0.15, 0.2) is 0 Å². The molecule has 0 nitrogen and oxygen atoms in total. The van der Waals surface area contributed by atoms with E-state index in [1.165, 1.54) is 0 Å². The molecule has 0 aromatic rings. The smallest absolute Gasteiger partial charge is 0.199 e. The zero-order valence-corrected chi connectivity index (χ0v) is 7.07. The number of rotatable bonds is 2. The molecule has 13 heavy (non-hydrogen) atoms. The lowest BCUT2D eigenvalue weighted by atomic mass is 9.84. The number of fused-ring (bicyclic) bond motifs is 2. The van der Waals surface area contributed by atoms with Gasteiger partial charge >= 0.3 is 12.3 Å². The van der Waals surface area contributed by atoms with Gasteiger partial charge in [-0.05, 0) is 31.1 Å². The molecule has 2 bridgehead atoms. The molecule has 2 rings (SSSR count). The first kappa shape index (κ1) is 9.28. The van der Waals surface area contributed by atoms with E-state index in [4.69, 9.17) is 0 Å². The Morgan fingerprint density at radius 1 is 1.08 bits per heavy atom. The first-order valence-electron chi connectivity index (χ1n) is 4.58. The summed E-state index contributed by atoms with van der Waals surface area (Å²) in [5.41, 5.74) is 0. The van der Waals surface area contributed by atoms with Gasteiger partial charge in [-0.1, -0.05) is 6.42 Å². The molecule has 0 N–H and O–H groups in total. The van der Waals surface area contributed by atoms with Gasteiger partial charge in [0.05, 0.1) is 0 Å². The Labute approximate surface area is 74.3 Å². The minimum atomic E-state index is -3.83. The monoisotopic (exact) mass is 195 g/mol. The van der Waals surface area contributed by atoms with Gasteiger partial charge in [-0.25, -0.2) is 0 Å². The Morgan fingerprint density at radius 2 is 1.77 bits per heavy atom. The highest BCUT2D eigenvalue weighted by atomic mass is 19.3. The summed E-state index contributed by atoms with van der Waals surface area (Å²) in [6.07, 6.45) is -0.0311. The van der Waals surface area contributed by atoms with Crippen molar-refractivity contribution in [2.75, 3.05) is 0 Å². The van der Waals surface area contributed by atoms with Crippen LogP contribution in [0.4, 0.5) is 17.6 Å². The Morgan fingerprint density at radius 3 is 2.15 bits per heavy atom. The highest BCUT2D eigenvalue weighted by Gasteiger charge is 2.57. The van der Waals surface area contributed by atoms with Gasteiger partial charge < -0.3 is 0 Å². The van der Waals surface area contributed by atoms with Crippen molar-refractivity contribution in [3.63, 3.8) is 0 Å². The second-order valence-corrected chi connectivity index (χ2v) is 4.16. The van der Waals surface area contributed by atoms with Gasteiger partial charge in [-0.3, -0.25) is 0 Å². The Bertz CT molecular complexity index is 202. The van der Waals surface area contributed by atoms with E-state index < -0.39 is 18.3 Å². The third-order valence-corrected chi connectivity index (χ3v) is 3.46. The molecule has 4 heteroatoms. The van der Waals surface area contributed by atoms with Crippen LogP contribution in [-0.4, -0.2) is 5.92 Å². The van der Waals surface area contributed by atoms with Gasteiger partial charge in [0.25, 0.3) is 0 Å². The summed E-state index contributed by atoms with van der Waals surface area (Å²) in [5.74, 6) is -4.81. The van der Waals surface area contributed by atoms with Crippen molar-refractivity contribution in [3.05, 3.63) is 6.43 Å². The third-order valence-electron chi connectivity index (χ3n) is 3.46. The summed E-state index contributed by atoms with van der Waals surface area (Å²) in [6.45, 7) is 0. The molecule has 2 fully saturated rings. The van der Waals surface area contributed by atoms with Crippen LogP contribution in [0, 0.1) is 24.2 Å². The van der Waals surface area contributed by atoms with Crippen molar-refractivity contribution in [2.24, 2.45) is 17.8 Å². The van der Waals surface area contributed by atoms with E-state index in [-0.39, 0.29) is 18.3 Å². The average molecular weight is 195 g/mol. The van der Waals surface area contributed by atoms with Crippen LogP contribution in [-0.2, 0) is 0 Å². The van der Waals surface area contributed by atoms with Crippen LogP contribution in [0.1, 0.15) is 25.7 Å². The van der Waals surface area contributed by atoms with Crippen molar-refractivity contribution >= 4 is 0 Å². The quantitative estimate of drug-likeness (QED) is 0.591. The Hall–Kier alpha value is -0.280. The van der Waals surface area contributed by atoms with E-state index >= 15 is 0 Å². The van der Waals surface area contributed by atoms with Crippen LogP contribution in [0.15, 0.2) is 0 Å². The highest BCUT2D eigenvalue weighted by Crippen LogP contribution is 2.56. The zero-order valence-electron chi connectivity index (χ0n) is 7.07. The fraction of sp³-hybridized carbons (Fsp3) is 0.889. The molecular formula is C9H11F4.